The zero-order chi connectivity index (χ0) is 38.4. The number of imidazole rings is 1. The van der Waals surface area contributed by atoms with Crippen molar-refractivity contribution in [3.63, 3.8) is 0 Å². The monoisotopic (exact) mass is 742 g/mol. The zero-order valence-electron chi connectivity index (χ0n) is 31.3. The van der Waals surface area contributed by atoms with E-state index in [1.807, 2.05) is 66.7 Å². The van der Waals surface area contributed by atoms with Crippen molar-refractivity contribution >= 4 is 27.5 Å². The lowest BCUT2D eigenvalue weighted by molar-refractivity contribution is 1.07. The Kier molecular flexibility index (Phi) is 8.04. The summed E-state index contributed by atoms with van der Waals surface area (Å²) in [5.41, 5.74) is 13.5. The topological polar surface area (TPSA) is 60.9 Å². The maximum Gasteiger partial charge on any atom is 0.164 e. The smallest absolute Gasteiger partial charge is 0.164 e. The SMILES string of the molecule is c1ccc(-c2nc(-c3ccccc3)nc(-c3ccc(-c4ccc(-c5nc6ccccn6c5-c5cccc6c7ccccc7n(-c7ccccc7)c56)cc4)cc3)n2)cc1. The van der Waals surface area contributed by atoms with Crippen molar-refractivity contribution in [1.29, 1.82) is 0 Å². The molecule has 4 aromatic heterocycles. The molecule has 0 unspecified atom stereocenters. The summed E-state index contributed by atoms with van der Waals surface area (Å²) in [5.74, 6) is 1.93. The first kappa shape index (κ1) is 33.4. The van der Waals surface area contributed by atoms with Gasteiger partial charge in [0.1, 0.15) is 5.65 Å². The molecule has 0 spiro atoms. The highest BCUT2D eigenvalue weighted by atomic mass is 15.0. The highest BCUT2D eigenvalue weighted by Crippen LogP contribution is 2.42. The number of benzene rings is 7. The Hall–Kier alpha value is -7.96. The van der Waals surface area contributed by atoms with Crippen LogP contribution in [0, 0.1) is 0 Å². The number of para-hydroxylation sites is 3. The Morgan fingerprint density at radius 3 is 1.48 bits per heavy atom. The number of hydrogen-bond donors (Lipinski definition) is 0. The molecule has 0 bridgehead atoms. The van der Waals surface area contributed by atoms with Crippen molar-refractivity contribution in [3.05, 3.63) is 206 Å². The lowest BCUT2D eigenvalue weighted by atomic mass is 9.98. The third-order valence-electron chi connectivity index (χ3n) is 10.8. The first-order valence-corrected chi connectivity index (χ1v) is 19.4. The van der Waals surface area contributed by atoms with Crippen LogP contribution in [-0.4, -0.2) is 28.9 Å². The Balaban J connectivity index is 0.990. The van der Waals surface area contributed by atoms with Gasteiger partial charge in [-0.2, -0.15) is 0 Å². The van der Waals surface area contributed by atoms with Gasteiger partial charge in [0.25, 0.3) is 0 Å². The largest absolute Gasteiger partial charge is 0.309 e. The molecule has 0 saturated heterocycles. The molecule has 0 fully saturated rings. The minimum atomic E-state index is 0.635. The second-order valence-corrected chi connectivity index (χ2v) is 14.3. The molecule has 0 aliphatic heterocycles. The van der Waals surface area contributed by atoms with Crippen LogP contribution in [0.1, 0.15) is 0 Å². The standard InChI is InChI=1S/C52H34N6/c1-4-15-38(16-5-1)50-54-51(39-17-6-2-7-18-39)56-52(55-50)40-32-28-36(29-33-40)35-26-30-37(31-27-35)47-49(57-34-13-12-25-46(57)53-47)44-23-14-22-43-42-21-10-11-24-45(42)58(48(43)44)41-19-8-3-9-20-41/h1-34H. The molecule has 11 rings (SSSR count). The Morgan fingerprint density at radius 2 is 0.845 bits per heavy atom. The normalized spacial score (nSPS) is 11.4. The van der Waals surface area contributed by atoms with E-state index in [0.717, 1.165) is 67.2 Å². The number of nitrogens with zero attached hydrogens (tertiary/aromatic N) is 6. The first-order valence-electron chi connectivity index (χ1n) is 19.4. The van der Waals surface area contributed by atoms with E-state index >= 15 is 0 Å². The summed E-state index contributed by atoms with van der Waals surface area (Å²) in [4.78, 5) is 20.0. The molecule has 0 atom stereocenters. The fraction of sp³-hybridized carbons (Fsp3) is 0. The maximum absolute atomic E-state index is 5.26. The molecule has 0 aliphatic rings. The fourth-order valence-electron chi connectivity index (χ4n) is 8.08. The summed E-state index contributed by atoms with van der Waals surface area (Å²) in [6, 6.07) is 69.4. The van der Waals surface area contributed by atoms with E-state index in [1.54, 1.807) is 0 Å². The number of hydrogen-bond acceptors (Lipinski definition) is 4. The third-order valence-corrected chi connectivity index (χ3v) is 10.8. The number of aromatic nitrogens is 6. The Morgan fingerprint density at radius 1 is 0.345 bits per heavy atom. The van der Waals surface area contributed by atoms with E-state index in [0.29, 0.717) is 17.5 Å². The molecule has 0 amide bonds. The van der Waals surface area contributed by atoms with Gasteiger partial charge in [-0.05, 0) is 41.5 Å². The van der Waals surface area contributed by atoms with Gasteiger partial charge in [0, 0.05) is 50.5 Å². The van der Waals surface area contributed by atoms with Crippen molar-refractivity contribution in [2.45, 2.75) is 0 Å². The van der Waals surface area contributed by atoms with Crippen molar-refractivity contribution in [1.82, 2.24) is 28.9 Å². The van der Waals surface area contributed by atoms with Crippen LogP contribution in [0.2, 0.25) is 0 Å². The molecule has 0 aliphatic carbocycles. The number of pyridine rings is 1. The van der Waals surface area contributed by atoms with E-state index in [-0.39, 0.29) is 0 Å². The Bertz CT molecular complexity index is 3180. The molecule has 0 N–H and O–H groups in total. The predicted octanol–water partition coefficient (Wildman–Crippen LogP) is 12.6. The minimum absolute atomic E-state index is 0.635. The predicted molar refractivity (Wildman–Crippen MR) is 236 cm³/mol. The highest BCUT2D eigenvalue weighted by molar-refractivity contribution is 6.14. The molecule has 4 heterocycles. The van der Waals surface area contributed by atoms with E-state index in [9.17, 15) is 0 Å². The average Bonchev–Trinajstić information content (AvgIpc) is 3.87. The number of fused-ring (bicyclic) bond motifs is 4. The van der Waals surface area contributed by atoms with E-state index < -0.39 is 0 Å². The van der Waals surface area contributed by atoms with Crippen LogP contribution in [-0.2, 0) is 0 Å². The summed E-state index contributed by atoms with van der Waals surface area (Å²) < 4.78 is 4.61. The molecule has 0 radical (unpaired) electrons. The van der Waals surface area contributed by atoms with Crippen molar-refractivity contribution in [2.75, 3.05) is 0 Å². The second kappa shape index (κ2) is 14.0. The van der Waals surface area contributed by atoms with Crippen LogP contribution >= 0.6 is 0 Å². The van der Waals surface area contributed by atoms with Crippen molar-refractivity contribution < 1.29 is 0 Å². The minimum Gasteiger partial charge on any atom is -0.309 e. The molecule has 0 saturated carbocycles. The third kappa shape index (κ3) is 5.74. The molecule has 272 valence electrons. The van der Waals surface area contributed by atoms with Gasteiger partial charge in [-0.25, -0.2) is 19.9 Å². The van der Waals surface area contributed by atoms with Gasteiger partial charge in [0.2, 0.25) is 0 Å². The summed E-state index contributed by atoms with van der Waals surface area (Å²) in [6.45, 7) is 0. The maximum atomic E-state index is 5.26. The fourth-order valence-corrected chi connectivity index (χ4v) is 8.08. The van der Waals surface area contributed by atoms with Gasteiger partial charge in [-0.3, -0.25) is 4.40 Å². The molecule has 6 heteroatoms. The van der Waals surface area contributed by atoms with Gasteiger partial charge in [-0.1, -0.05) is 170 Å². The average molecular weight is 743 g/mol. The van der Waals surface area contributed by atoms with E-state index in [4.69, 9.17) is 19.9 Å². The Labute approximate surface area is 335 Å². The van der Waals surface area contributed by atoms with E-state index in [1.165, 1.54) is 16.3 Å². The van der Waals surface area contributed by atoms with Crippen molar-refractivity contribution in [3.8, 4) is 73.5 Å². The lowest BCUT2D eigenvalue weighted by Gasteiger charge is -2.13. The van der Waals surface area contributed by atoms with Crippen LogP contribution in [0.5, 0.6) is 0 Å². The molecular weight excluding hydrogens is 709 g/mol. The quantitative estimate of drug-likeness (QED) is 0.163. The summed E-state index contributed by atoms with van der Waals surface area (Å²) in [7, 11) is 0. The van der Waals surface area contributed by atoms with Crippen LogP contribution in [0.25, 0.3) is 101 Å². The van der Waals surface area contributed by atoms with Crippen LogP contribution in [0.15, 0.2) is 206 Å². The van der Waals surface area contributed by atoms with Gasteiger partial charge in [0.05, 0.1) is 22.4 Å². The van der Waals surface area contributed by atoms with Gasteiger partial charge < -0.3 is 4.57 Å². The highest BCUT2D eigenvalue weighted by Gasteiger charge is 2.22. The molecule has 6 nitrogen and oxygen atoms in total. The summed E-state index contributed by atoms with van der Waals surface area (Å²) >= 11 is 0. The molecule has 58 heavy (non-hydrogen) atoms. The van der Waals surface area contributed by atoms with Gasteiger partial charge >= 0.3 is 0 Å². The molecular formula is C52H34N6. The lowest BCUT2D eigenvalue weighted by Crippen LogP contribution is -2.00. The summed E-state index contributed by atoms with van der Waals surface area (Å²) in [6.07, 6.45) is 2.11. The zero-order valence-corrected chi connectivity index (χ0v) is 31.3. The van der Waals surface area contributed by atoms with Crippen molar-refractivity contribution in [2.24, 2.45) is 0 Å². The van der Waals surface area contributed by atoms with Crippen LogP contribution in [0.4, 0.5) is 0 Å². The van der Waals surface area contributed by atoms with Gasteiger partial charge in [-0.15, -0.1) is 0 Å². The molecule has 7 aromatic carbocycles. The van der Waals surface area contributed by atoms with E-state index in [2.05, 4.69) is 149 Å². The second-order valence-electron chi connectivity index (χ2n) is 14.3. The summed E-state index contributed by atoms with van der Waals surface area (Å²) in [5, 5.41) is 2.43. The van der Waals surface area contributed by atoms with Gasteiger partial charge in [0.15, 0.2) is 17.5 Å². The number of rotatable bonds is 7. The first-order chi connectivity index (χ1) is 28.8. The molecule has 11 aromatic rings. The van der Waals surface area contributed by atoms with Crippen LogP contribution in [0.3, 0.4) is 0 Å². The van der Waals surface area contributed by atoms with Crippen LogP contribution < -0.4 is 0 Å².